The number of aromatic nitrogens is 4. The Bertz CT molecular complexity index is 659. The fourth-order valence-corrected chi connectivity index (χ4v) is 3.16. The van der Waals surface area contributed by atoms with E-state index in [0.29, 0.717) is 17.9 Å². The molecule has 21 heavy (non-hydrogen) atoms. The molecule has 1 aliphatic carbocycles. The van der Waals surface area contributed by atoms with Crippen LogP contribution in [0.15, 0.2) is 12.3 Å². The summed E-state index contributed by atoms with van der Waals surface area (Å²) in [6, 6.07) is 2.37. The molecule has 110 valence electrons. The largest absolute Gasteiger partial charge is 0.368 e. The van der Waals surface area contributed by atoms with Crippen LogP contribution in [-0.4, -0.2) is 32.8 Å². The summed E-state index contributed by atoms with van der Waals surface area (Å²) in [7, 11) is 0. The van der Waals surface area contributed by atoms with Crippen LogP contribution in [0.25, 0.3) is 0 Å². The van der Waals surface area contributed by atoms with Gasteiger partial charge < -0.3 is 16.4 Å². The molecule has 1 saturated carbocycles. The van der Waals surface area contributed by atoms with Crippen molar-refractivity contribution in [2.24, 2.45) is 5.73 Å². The monoisotopic (exact) mass is 285 g/mol. The van der Waals surface area contributed by atoms with Crippen molar-refractivity contribution in [2.45, 2.75) is 37.8 Å². The van der Waals surface area contributed by atoms with E-state index in [1.807, 2.05) is 6.20 Å². The van der Waals surface area contributed by atoms with Crippen molar-refractivity contribution in [1.82, 2.24) is 20.2 Å². The first kappa shape index (κ1) is 12.6. The molecule has 0 bridgehead atoms. The maximum Gasteiger partial charge on any atom is 0.222 e. The molecule has 0 spiro atoms. The van der Waals surface area contributed by atoms with E-state index in [9.17, 15) is 0 Å². The molecule has 2 aliphatic rings. The van der Waals surface area contributed by atoms with Crippen molar-refractivity contribution in [1.29, 1.82) is 0 Å². The highest BCUT2D eigenvalue weighted by atomic mass is 15.2. The predicted octanol–water partition coefficient (Wildman–Crippen LogP) is 0.549. The zero-order valence-electron chi connectivity index (χ0n) is 11.8. The summed E-state index contributed by atoms with van der Waals surface area (Å²) in [4.78, 5) is 11.0. The molecule has 7 nitrogen and oxygen atoms in total. The summed E-state index contributed by atoms with van der Waals surface area (Å²) in [6.45, 7) is 1.72. The zero-order chi connectivity index (χ0) is 14.4. The van der Waals surface area contributed by atoms with Crippen molar-refractivity contribution < 1.29 is 0 Å². The van der Waals surface area contributed by atoms with E-state index < -0.39 is 0 Å². The lowest BCUT2D eigenvalue weighted by Gasteiger charge is -2.33. The summed E-state index contributed by atoms with van der Waals surface area (Å²) >= 11 is 0. The van der Waals surface area contributed by atoms with Crippen molar-refractivity contribution in [3.8, 4) is 0 Å². The molecule has 0 aromatic carbocycles. The molecule has 0 saturated heterocycles. The number of fused-ring (bicyclic) bond motifs is 1. The fourth-order valence-electron chi connectivity index (χ4n) is 3.16. The van der Waals surface area contributed by atoms with Gasteiger partial charge in [0, 0.05) is 48.8 Å². The van der Waals surface area contributed by atoms with Crippen molar-refractivity contribution in [3.63, 3.8) is 0 Å². The Balaban J connectivity index is 1.60. The molecular weight excluding hydrogens is 266 g/mol. The van der Waals surface area contributed by atoms with Gasteiger partial charge in [0.1, 0.15) is 5.82 Å². The van der Waals surface area contributed by atoms with E-state index in [-0.39, 0.29) is 0 Å². The lowest BCUT2D eigenvalue weighted by molar-refractivity contribution is 0.345. The molecule has 4 rings (SSSR count). The summed E-state index contributed by atoms with van der Waals surface area (Å²) in [5.41, 5.74) is 15.2. The van der Waals surface area contributed by atoms with E-state index in [1.165, 1.54) is 11.3 Å². The van der Waals surface area contributed by atoms with Crippen LogP contribution in [0.5, 0.6) is 0 Å². The SMILES string of the molecule is Nc1nc(C2CC(N)C2)cc(N2CCc3[nH]ncc3C2)n1. The van der Waals surface area contributed by atoms with Gasteiger partial charge >= 0.3 is 0 Å². The second kappa shape index (κ2) is 4.70. The lowest BCUT2D eigenvalue weighted by atomic mass is 9.78. The highest BCUT2D eigenvalue weighted by molar-refractivity contribution is 5.47. The van der Waals surface area contributed by atoms with Gasteiger partial charge in [0.15, 0.2) is 0 Å². The highest BCUT2D eigenvalue weighted by Crippen LogP contribution is 2.36. The molecule has 7 heteroatoms. The highest BCUT2D eigenvalue weighted by Gasteiger charge is 2.30. The van der Waals surface area contributed by atoms with Crippen LogP contribution in [0.3, 0.4) is 0 Å². The maximum absolute atomic E-state index is 5.89. The Morgan fingerprint density at radius 2 is 2.14 bits per heavy atom. The number of anilines is 2. The zero-order valence-corrected chi connectivity index (χ0v) is 11.8. The third-order valence-electron chi connectivity index (χ3n) is 4.47. The van der Waals surface area contributed by atoms with Crippen LogP contribution in [0.4, 0.5) is 11.8 Å². The summed E-state index contributed by atoms with van der Waals surface area (Å²) in [5, 5.41) is 7.15. The number of rotatable bonds is 2. The topological polar surface area (TPSA) is 110 Å². The van der Waals surface area contributed by atoms with Gasteiger partial charge in [0.05, 0.1) is 11.9 Å². The van der Waals surface area contributed by atoms with Crippen molar-refractivity contribution >= 4 is 11.8 Å². The quantitative estimate of drug-likeness (QED) is 0.743. The molecular formula is C14H19N7. The van der Waals surface area contributed by atoms with E-state index >= 15 is 0 Å². The summed E-state index contributed by atoms with van der Waals surface area (Å²) in [6.07, 6.45) is 4.81. The number of nitrogen functional groups attached to an aromatic ring is 1. The van der Waals surface area contributed by atoms with Crippen LogP contribution in [-0.2, 0) is 13.0 Å². The maximum atomic E-state index is 5.89. The van der Waals surface area contributed by atoms with Gasteiger partial charge in [-0.1, -0.05) is 0 Å². The minimum absolute atomic E-state index is 0.304. The molecule has 1 aliphatic heterocycles. The molecule has 3 heterocycles. The number of hydrogen-bond donors (Lipinski definition) is 3. The minimum Gasteiger partial charge on any atom is -0.368 e. The second-order valence-corrected chi connectivity index (χ2v) is 5.98. The number of nitrogens with two attached hydrogens (primary N) is 2. The van der Waals surface area contributed by atoms with Crippen molar-refractivity contribution in [2.75, 3.05) is 17.2 Å². The normalized spacial score (nSPS) is 24.5. The third kappa shape index (κ3) is 2.23. The fraction of sp³-hybridized carbons (Fsp3) is 0.500. The molecule has 1 fully saturated rings. The van der Waals surface area contributed by atoms with Crippen LogP contribution >= 0.6 is 0 Å². The number of hydrogen-bond acceptors (Lipinski definition) is 6. The van der Waals surface area contributed by atoms with Gasteiger partial charge in [0.25, 0.3) is 0 Å². The Kier molecular flexibility index (Phi) is 2.81. The first-order chi connectivity index (χ1) is 10.2. The average molecular weight is 285 g/mol. The van der Waals surface area contributed by atoms with Gasteiger partial charge in [-0.05, 0) is 12.8 Å². The Labute approximate surface area is 122 Å². The Morgan fingerprint density at radius 3 is 2.95 bits per heavy atom. The average Bonchev–Trinajstić information content (AvgIpc) is 2.90. The summed E-state index contributed by atoms with van der Waals surface area (Å²) < 4.78 is 0. The second-order valence-electron chi connectivity index (χ2n) is 5.98. The molecule has 0 atom stereocenters. The number of H-pyrrole nitrogens is 1. The molecule has 0 amide bonds. The van der Waals surface area contributed by atoms with E-state index in [2.05, 4.69) is 31.1 Å². The van der Waals surface area contributed by atoms with Crippen LogP contribution in [0.1, 0.15) is 35.7 Å². The minimum atomic E-state index is 0.304. The molecule has 2 aromatic heterocycles. The number of aromatic amines is 1. The summed E-state index contributed by atoms with van der Waals surface area (Å²) in [5.74, 6) is 1.68. The first-order valence-corrected chi connectivity index (χ1v) is 7.35. The molecule has 2 aromatic rings. The Morgan fingerprint density at radius 1 is 1.29 bits per heavy atom. The van der Waals surface area contributed by atoms with Crippen LogP contribution < -0.4 is 16.4 Å². The van der Waals surface area contributed by atoms with Gasteiger partial charge in [-0.15, -0.1) is 0 Å². The Hall–Kier alpha value is -2.15. The van der Waals surface area contributed by atoms with Gasteiger partial charge in [-0.25, -0.2) is 4.98 Å². The number of nitrogens with one attached hydrogen (secondary N) is 1. The van der Waals surface area contributed by atoms with E-state index in [1.54, 1.807) is 0 Å². The third-order valence-corrected chi connectivity index (χ3v) is 4.47. The molecule has 0 radical (unpaired) electrons. The van der Waals surface area contributed by atoms with Gasteiger partial charge in [-0.2, -0.15) is 10.1 Å². The lowest BCUT2D eigenvalue weighted by Crippen LogP contribution is -2.36. The van der Waals surface area contributed by atoms with Crippen LogP contribution in [0.2, 0.25) is 0 Å². The predicted molar refractivity (Wildman–Crippen MR) is 79.7 cm³/mol. The van der Waals surface area contributed by atoms with Gasteiger partial charge in [-0.3, -0.25) is 5.10 Å². The van der Waals surface area contributed by atoms with Crippen molar-refractivity contribution in [3.05, 3.63) is 29.2 Å². The van der Waals surface area contributed by atoms with Gasteiger partial charge in [0.2, 0.25) is 5.95 Å². The van der Waals surface area contributed by atoms with E-state index in [4.69, 9.17) is 11.5 Å². The van der Waals surface area contributed by atoms with Crippen LogP contribution in [0, 0.1) is 0 Å². The standard InChI is InChI=1S/C14H19N7/c15-10-3-8(4-10)12-5-13(19-14(16)18-12)21-2-1-11-9(7-21)6-17-20-11/h5-6,8,10H,1-4,7,15H2,(H,17,20)(H2,16,18,19). The first-order valence-electron chi connectivity index (χ1n) is 7.35. The molecule has 0 unspecified atom stereocenters. The molecule has 5 N–H and O–H groups in total. The van der Waals surface area contributed by atoms with E-state index in [0.717, 1.165) is 43.9 Å². The number of nitrogens with zero attached hydrogens (tertiary/aromatic N) is 4. The smallest absolute Gasteiger partial charge is 0.222 e.